The Morgan fingerprint density at radius 3 is 2.71 bits per heavy atom. The van der Waals surface area contributed by atoms with Crippen molar-refractivity contribution in [2.75, 3.05) is 0 Å². The van der Waals surface area contributed by atoms with Gasteiger partial charge >= 0.3 is 6.18 Å². The van der Waals surface area contributed by atoms with E-state index in [4.69, 9.17) is 4.74 Å². The minimum Gasteiger partial charge on any atom is -0.486 e. The van der Waals surface area contributed by atoms with Gasteiger partial charge in [0.25, 0.3) is 7.41 Å². The third kappa shape index (κ3) is 4.92. The maximum atomic E-state index is 12.8. The lowest BCUT2D eigenvalue weighted by atomic mass is 9.83. The van der Waals surface area contributed by atoms with Crippen molar-refractivity contribution < 1.29 is 22.7 Å². The van der Waals surface area contributed by atoms with Gasteiger partial charge in [0.15, 0.2) is 5.82 Å². The van der Waals surface area contributed by atoms with Gasteiger partial charge in [-0.15, -0.1) is 10.2 Å². The number of alkyl halides is 3. The number of carbonyl (C=O) groups excluding carboxylic acids is 1. The van der Waals surface area contributed by atoms with Gasteiger partial charge in [-0.3, -0.25) is 0 Å². The summed E-state index contributed by atoms with van der Waals surface area (Å²) in [6, 6.07) is 5.07. The lowest BCUT2D eigenvalue weighted by Crippen LogP contribution is -2.36. The highest BCUT2D eigenvalue weighted by atomic mass is 19.4. The third-order valence-corrected chi connectivity index (χ3v) is 5.02. The first-order valence-electron chi connectivity index (χ1n) is 9.09. The average Bonchev–Trinajstić information content (AvgIpc) is 3.05. The fraction of sp³-hybridized carbons (Fsp3) is 0.500. The Balaban J connectivity index is 1.59. The second-order valence-electron chi connectivity index (χ2n) is 6.87. The Morgan fingerprint density at radius 1 is 1.29 bits per heavy atom. The van der Waals surface area contributed by atoms with Gasteiger partial charge in [-0.05, 0) is 49.9 Å². The number of nitrogens with zero attached hydrogens (tertiary/aromatic N) is 3. The molecule has 0 unspecified atom stereocenters. The number of nitrogens with one attached hydrogen (secondary N) is 1. The molecule has 1 aliphatic rings. The van der Waals surface area contributed by atoms with E-state index in [2.05, 4.69) is 15.4 Å². The zero-order valence-electron chi connectivity index (χ0n) is 15.4. The molecule has 28 heavy (non-hydrogen) atoms. The fourth-order valence-electron chi connectivity index (χ4n) is 3.46. The first-order valence-corrected chi connectivity index (χ1v) is 9.09. The van der Waals surface area contributed by atoms with E-state index in [9.17, 15) is 18.0 Å². The SMILES string of the molecule is Cn1c(COc2cccc(C(F)(F)F)c2)nnc1C1CCC(N[B]C=O)CC1. The standard InChI is InChI=1S/C18H21BF3N4O2/c1-26-16(10-28-15-4-2-3-13(9-15)18(20,21)22)24-25-17(26)12-5-7-14(8-6-12)23-19-11-27/h2-4,9,11-12,14,23H,5-8,10H2,1H3. The van der Waals surface area contributed by atoms with Gasteiger partial charge in [0, 0.05) is 13.0 Å². The molecule has 0 atom stereocenters. The van der Waals surface area contributed by atoms with Crippen LogP contribution in [0.2, 0.25) is 0 Å². The quantitative estimate of drug-likeness (QED) is 0.579. The maximum absolute atomic E-state index is 12.8. The van der Waals surface area contributed by atoms with Crippen molar-refractivity contribution in [1.82, 2.24) is 20.0 Å². The monoisotopic (exact) mass is 393 g/mol. The second kappa shape index (κ2) is 8.77. The highest BCUT2D eigenvalue weighted by molar-refractivity contribution is 6.64. The van der Waals surface area contributed by atoms with Gasteiger partial charge in [-0.2, -0.15) is 13.2 Å². The Kier molecular flexibility index (Phi) is 6.38. The summed E-state index contributed by atoms with van der Waals surface area (Å²) in [5.41, 5.74) is -0.749. The molecule has 10 heteroatoms. The van der Waals surface area contributed by atoms with Gasteiger partial charge in [-0.1, -0.05) is 6.07 Å². The van der Waals surface area contributed by atoms with Crippen LogP contribution in [0.3, 0.4) is 0 Å². The Morgan fingerprint density at radius 2 is 2.04 bits per heavy atom. The maximum Gasteiger partial charge on any atom is 0.416 e. The second-order valence-corrected chi connectivity index (χ2v) is 6.87. The number of carbonyl (C=O) groups is 1. The number of benzene rings is 1. The smallest absolute Gasteiger partial charge is 0.416 e. The molecule has 1 radical (unpaired) electrons. The Bertz CT molecular complexity index is 804. The molecule has 2 aromatic rings. The van der Waals surface area contributed by atoms with E-state index < -0.39 is 11.7 Å². The molecule has 0 spiro atoms. The van der Waals surface area contributed by atoms with Gasteiger partial charge < -0.3 is 19.3 Å². The lowest BCUT2D eigenvalue weighted by molar-refractivity contribution is -0.137. The topological polar surface area (TPSA) is 69.0 Å². The zero-order chi connectivity index (χ0) is 20.1. The lowest BCUT2D eigenvalue weighted by Gasteiger charge is -2.28. The molecular weight excluding hydrogens is 372 g/mol. The highest BCUT2D eigenvalue weighted by Crippen LogP contribution is 2.33. The molecule has 0 saturated heterocycles. The number of hydrogen-bond acceptors (Lipinski definition) is 5. The first kappa shape index (κ1) is 20.4. The van der Waals surface area contributed by atoms with Crippen LogP contribution in [0.4, 0.5) is 13.2 Å². The van der Waals surface area contributed by atoms with Crippen LogP contribution in [0.25, 0.3) is 0 Å². The van der Waals surface area contributed by atoms with Crippen molar-refractivity contribution in [3.63, 3.8) is 0 Å². The van der Waals surface area contributed by atoms with Crippen LogP contribution in [-0.2, 0) is 24.6 Å². The number of hydrogen-bond donors (Lipinski definition) is 1. The summed E-state index contributed by atoms with van der Waals surface area (Å²) in [4.78, 5) is 10.4. The zero-order valence-corrected chi connectivity index (χ0v) is 15.4. The van der Waals surface area contributed by atoms with Gasteiger partial charge in [0.2, 0.25) is 0 Å². The van der Waals surface area contributed by atoms with Crippen molar-refractivity contribution >= 4 is 13.6 Å². The summed E-state index contributed by atoms with van der Waals surface area (Å²) in [5.74, 6) is 1.80. The Hall–Kier alpha value is -2.36. The molecule has 1 N–H and O–H groups in total. The summed E-state index contributed by atoms with van der Waals surface area (Å²) in [6.07, 6.45) is 0.0332. The summed E-state index contributed by atoms with van der Waals surface area (Å²) in [7, 11) is 3.27. The van der Waals surface area contributed by atoms with Crippen LogP contribution in [0.15, 0.2) is 24.3 Å². The van der Waals surface area contributed by atoms with Crippen molar-refractivity contribution in [1.29, 1.82) is 0 Å². The minimum atomic E-state index is -4.41. The van der Waals surface area contributed by atoms with Crippen molar-refractivity contribution in [2.45, 2.75) is 50.4 Å². The predicted molar refractivity (Wildman–Crippen MR) is 97.4 cm³/mol. The number of halogens is 3. The molecule has 3 rings (SSSR count). The van der Waals surface area contributed by atoms with Crippen molar-refractivity contribution in [3.8, 4) is 5.75 Å². The van der Waals surface area contributed by atoms with Crippen molar-refractivity contribution in [2.24, 2.45) is 7.05 Å². The summed E-state index contributed by atoms with van der Waals surface area (Å²) < 4.78 is 45.7. The van der Waals surface area contributed by atoms with E-state index >= 15 is 0 Å². The van der Waals surface area contributed by atoms with E-state index in [-0.39, 0.29) is 18.3 Å². The average molecular weight is 393 g/mol. The van der Waals surface area contributed by atoms with E-state index in [1.807, 2.05) is 11.6 Å². The Labute approximate surface area is 161 Å². The van der Waals surface area contributed by atoms with Crippen LogP contribution in [0.1, 0.15) is 48.8 Å². The van der Waals surface area contributed by atoms with E-state index in [1.54, 1.807) is 0 Å². The number of rotatable bonds is 7. The van der Waals surface area contributed by atoms with Gasteiger partial charge in [-0.25, -0.2) is 0 Å². The summed E-state index contributed by atoms with van der Waals surface area (Å²) in [6.45, 7) is 0.0377. The minimum absolute atomic E-state index is 0.0377. The van der Waals surface area contributed by atoms with Crippen LogP contribution < -0.4 is 9.96 Å². The molecule has 149 valence electrons. The van der Waals surface area contributed by atoms with E-state index in [1.165, 1.54) is 19.5 Å². The van der Waals surface area contributed by atoms with Gasteiger partial charge in [0.1, 0.15) is 18.2 Å². The van der Waals surface area contributed by atoms with Crippen molar-refractivity contribution in [3.05, 3.63) is 41.5 Å². The van der Waals surface area contributed by atoms with Gasteiger partial charge in [0.05, 0.1) is 11.7 Å². The number of ether oxygens (including phenoxy) is 1. The fourth-order valence-corrected chi connectivity index (χ4v) is 3.46. The molecule has 1 aromatic carbocycles. The molecule has 0 amide bonds. The summed E-state index contributed by atoms with van der Waals surface area (Å²) in [5, 5.41) is 11.5. The number of aromatic nitrogens is 3. The predicted octanol–water partition coefficient (Wildman–Crippen LogP) is 2.84. The molecule has 0 aliphatic heterocycles. The van der Waals surface area contributed by atoms with Crippen LogP contribution >= 0.6 is 0 Å². The normalized spacial score (nSPS) is 20.0. The third-order valence-electron chi connectivity index (χ3n) is 5.02. The molecule has 0 bridgehead atoms. The highest BCUT2D eigenvalue weighted by Gasteiger charge is 2.30. The van der Waals surface area contributed by atoms with Crippen LogP contribution in [0, 0.1) is 0 Å². The molecule has 6 nitrogen and oxygen atoms in total. The molecule has 1 fully saturated rings. The van der Waals surface area contributed by atoms with E-state index in [0.29, 0.717) is 11.9 Å². The molecule has 1 aromatic heterocycles. The largest absolute Gasteiger partial charge is 0.486 e. The summed E-state index contributed by atoms with van der Waals surface area (Å²) >= 11 is 0. The van der Waals surface area contributed by atoms with E-state index in [0.717, 1.165) is 49.8 Å². The molecule has 1 aliphatic carbocycles. The first-order chi connectivity index (χ1) is 13.4. The van der Waals surface area contributed by atoms with Crippen LogP contribution in [0.5, 0.6) is 5.75 Å². The molecule has 1 saturated carbocycles. The molecule has 1 heterocycles. The van der Waals surface area contributed by atoms with Crippen LogP contribution in [-0.4, -0.2) is 34.4 Å². The molecular formula is C18H21BF3N4O2.